The maximum absolute atomic E-state index is 11.0. The highest BCUT2D eigenvalue weighted by Gasteiger charge is 2.14. The lowest BCUT2D eigenvalue weighted by atomic mass is 10.1. The van der Waals surface area contributed by atoms with Crippen LogP contribution in [-0.2, 0) is 9.53 Å². The van der Waals surface area contributed by atoms with E-state index in [0.29, 0.717) is 5.88 Å². The van der Waals surface area contributed by atoms with Crippen LogP contribution in [0.4, 0.5) is 0 Å². The van der Waals surface area contributed by atoms with Crippen molar-refractivity contribution >= 4 is 20.1 Å². The van der Waals surface area contributed by atoms with Gasteiger partial charge >= 0.3 is 0 Å². The Hall–Kier alpha value is -1.99. The highest BCUT2D eigenvalue weighted by molar-refractivity contribution is 6.83. The van der Waals surface area contributed by atoms with E-state index in [-0.39, 0.29) is 12.5 Å². The second kappa shape index (κ2) is 5.33. The summed E-state index contributed by atoms with van der Waals surface area (Å²) in [5.41, 5.74) is 5.33. The van der Waals surface area contributed by atoms with E-state index in [9.17, 15) is 4.79 Å². The van der Waals surface area contributed by atoms with Crippen LogP contribution in [0.3, 0.4) is 0 Å². The van der Waals surface area contributed by atoms with Crippen molar-refractivity contribution in [1.29, 1.82) is 0 Å². The lowest BCUT2D eigenvalue weighted by Crippen LogP contribution is -2.16. The number of carbonyl (C=O) groups is 1. The molecule has 0 bridgehead atoms. The molecule has 1 amide bonds. The Morgan fingerprint density at radius 2 is 1.95 bits per heavy atom. The molecular weight excluding hydrogens is 254 g/mol. The van der Waals surface area contributed by atoms with Crippen LogP contribution in [0.1, 0.15) is 11.1 Å². The predicted octanol–water partition coefficient (Wildman–Crippen LogP) is 2.36. The smallest absolute Gasteiger partial charge is 0.264 e. The van der Waals surface area contributed by atoms with Crippen molar-refractivity contribution < 1.29 is 9.53 Å². The molecule has 1 aromatic carbocycles. The first-order valence-corrected chi connectivity index (χ1v) is 9.70. The third-order valence-corrected chi connectivity index (χ3v) is 3.29. The lowest BCUT2D eigenvalue weighted by molar-refractivity contribution is -0.119. The lowest BCUT2D eigenvalue weighted by Gasteiger charge is -2.03. The summed E-state index contributed by atoms with van der Waals surface area (Å²) in [6.07, 6.45) is 1.81. The maximum Gasteiger partial charge on any atom is 0.264 e. The summed E-state index contributed by atoms with van der Waals surface area (Å²) >= 11 is 0. The highest BCUT2D eigenvalue weighted by atomic mass is 28.3. The molecule has 19 heavy (non-hydrogen) atoms. The zero-order valence-corrected chi connectivity index (χ0v) is 12.4. The van der Waals surface area contributed by atoms with E-state index in [0.717, 1.165) is 11.1 Å². The summed E-state index contributed by atoms with van der Waals surface area (Å²) in [5, 5.41) is 2.64. The summed E-state index contributed by atoms with van der Waals surface area (Å²) < 4.78 is 5.17. The molecule has 0 radical (unpaired) electrons. The number of ether oxygens (including phenoxy) is 1. The molecule has 1 N–H and O–H groups in total. The Morgan fingerprint density at radius 1 is 1.26 bits per heavy atom. The summed E-state index contributed by atoms with van der Waals surface area (Å²) in [6, 6.07) is 7.90. The summed E-state index contributed by atoms with van der Waals surface area (Å²) in [4.78, 5) is 11.0. The van der Waals surface area contributed by atoms with Gasteiger partial charge in [0.15, 0.2) is 12.5 Å². The molecule has 2 rings (SSSR count). The van der Waals surface area contributed by atoms with Gasteiger partial charge in [0.1, 0.15) is 8.07 Å². The fraction of sp³-hybridized carbons (Fsp3) is 0.267. The van der Waals surface area contributed by atoms with Crippen LogP contribution in [0.25, 0.3) is 6.08 Å². The van der Waals surface area contributed by atoms with Crippen LogP contribution >= 0.6 is 0 Å². The SMILES string of the molecule is C[Si](C)(C)C#Cc1ccc(C=C2NC(=O)CO2)cc1. The van der Waals surface area contributed by atoms with Crippen LogP contribution in [-0.4, -0.2) is 20.6 Å². The minimum absolute atomic E-state index is 0.103. The normalized spacial score (nSPS) is 16.6. The number of amides is 1. The molecule has 0 aliphatic carbocycles. The Bertz CT molecular complexity index is 571. The quantitative estimate of drug-likeness (QED) is 0.629. The molecule has 0 spiro atoms. The minimum atomic E-state index is -1.33. The van der Waals surface area contributed by atoms with Gasteiger partial charge in [-0.15, -0.1) is 5.54 Å². The van der Waals surface area contributed by atoms with E-state index in [1.165, 1.54) is 0 Å². The molecule has 0 aromatic heterocycles. The third kappa shape index (κ3) is 4.31. The standard InChI is InChI=1S/C15H17NO2Si/c1-19(2,3)9-8-12-4-6-13(7-5-12)10-15-16-14(17)11-18-15/h4-7,10H,11H2,1-3H3,(H,16,17). The Labute approximate surface area is 114 Å². The topological polar surface area (TPSA) is 38.3 Å². The Kier molecular flexibility index (Phi) is 3.77. The average molecular weight is 271 g/mol. The monoisotopic (exact) mass is 271 g/mol. The van der Waals surface area contributed by atoms with Crippen LogP contribution in [0.5, 0.6) is 0 Å². The second-order valence-corrected chi connectivity index (χ2v) is 10.2. The molecular formula is C15H17NO2Si. The zero-order chi connectivity index (χ0) is 13.9. The number of nitrogens with one attached hydrogen (secondary N) is 1. The van der Waals surface area contributed by atoms with Crippen LogP contribution < -0.4 is 5.32 Å². The molecule has 0 saturated carbocycles. The minimum Gasteiger partial charge on any atom is -0.469 e. The fourth-order valence-corrected chi connectivity index (χ4v) is 2.02. The molecule has 1 aromatic rings. The molecule has 98 valence electrons. The first kappa shape index (κ1) is 13.4. The molecule has 4 heteroatoms. The van der Waals surface area contributed by atoms with Crippen molar-refractivity contribution in [3.05, 3.63) is 41.3 Å². The van der Waals surface area contributed by atoms with Crippen molar-refractivity contribution in [2.24, 2.45) is 0 Å². The van der Waals surface area contributed by atoms with Crippen molar-refractivity contribution in [1.82, 2.24) is 5.32 Å². The molecule has 1 saturated heterocycles. The molecule has 1 fully saturated rings. The van der Waals surface area contributed by atoms with Gasteiger partial charge in [0, 0.05) is 11.6 Å². The van der Waals surface area contributed by atoms with Gasteiger partial charge in [-0.1, -0.05) is 37.7 Å². The van der Waals surface area contributed by atoms with Gasteiger partial charge in [0.25, 0.3) is 5.91 Å². The van der Waals surface area contributed by atoms with Crippen LogP contribution in [0.15, 0.2) is 30.1 Å². The number of rotatable bonds is 1. The van der Waals surface area contributed by atoms with E-state index < -0.39 is 8.07 Å². The van der Waals surface area contributed by atoms with Gasteiger partial charge < -0.3 is 4.74 Å². The van der Waals surface area contributed by atoms with Gasteiger partial charge in [-0.3, -0.25) is 10.1 Å². The largest absolute Gasteiger partial charge is 0.469 e. The average Bonchev–Trinajstić information content (AvgIpc) is 2.73. The van der Waals surface area contributed by atoms with Gasteiger partial charge in [-0.05, 0) is 17.7 Å². The molecule has 0 atom stereocenters. The van der Waals surface area contributed by atoms with E-state index in [2.05, 4.69) is 36.4 Å². The van der Waals surface area contributed by atoms with Gasteiger partial charge in [0.05, 0.1) is 0 Å². The molecule has 1 aliphatic heterocycles. The summed E-state index contributed by atoms with van der Waals surface area (Å²) in [7, 11) is -1.33. The van der Waals surface area contributed by atoms with Crippen molar-refractivity contribution in [2.45, 2.75) is 19.6 Å². The van der Waals surface area contributed by atoms with Crippen LogP contribution in [0.2, 0.25) is 19.6 Å². The second-order valence-electron chi connectivity index (χ2n) is 5.47. The predicted molar refractivity (Wildman–Crippen MR) is 78.7 cm³/mol. The van der Waals surface area contributed by atoms with Gasteiger partial charge in [-0.25, -0.2) is 0 Å². The zero-order valence-electron chi connectivity index (χ0n) is 11.4. The third-order valence-electron chi connectivity index (χ3n) is 2.41. The summed E-state index contributed by atoms with van der Waals surface area (Å²) in [5.74, 6) is 3.60. The van der Waals surface area contributed by atoms with E-state index >= 15 is 0 Å². The number of hydrogen-bond acceptors (Lipinski definition) is 2. The van der Waals surface area contributed by atoms with Crippen molar-refractivity contribution in [2.75, 3.05) is 6.61 Å². The van der Waals surface area contributed by atoms with Gasteiger partial charge in [-0.2, -0.15) is 0 Å². The first-order valence-electron chi connectivity index (χ1n) is 6.20. The Balaban J connectivity index is 2.10. The molecule has 1 aliphatic rings. The molecule has 3 nitrogen and oxygen atoms in total. The molecule has 0 unspecified atom stereocenters. The fourth-order valence-electron chi connectivity index (χ4n) is 1.50. The van der Waals surface area contributed by atoms with E-state index in [1.54, 1.807) is 6.08 Å². The summed E-state index contributed by atoms with van der Waals surface area (Å²) in [6.45, 7) is 6.77. The number of hydrogen-bond donors (Lipinski definition) is 1. The van der Waals surface area contributed by atoms with Crippen LogP contribution in [0, 0.1) is 11.5 Å². The molecule has 1 heterocycles. The Morgan fingerprint density at radius 3 is 2.47 bits per heavy atom. The highest BCUT2D eigenvalue weighted by Crippen LogP contribution is 2.11. The maximum atomic E-state index is 11.0. The van der Waals surface area contributed by atoms with E-state index in [1.807, 2.05) is 24.3 Å². The van der Waals surface area contributed by atoms with Crippen molar-refractivity contribution in [3.8, 4) is 11.5 Å². The number of carbonyl (C=O) groups excluding carboxylic acids is 1. The number of benzene rings is 1. The first-order chi connectivity index (χ1) is 8.92. The van der Waals surface area contributed by atoms with Gasteiger partial charge in [0.2, 0.25) is 0 Å². The van der Waals surface area contributed by atoms with Crippen molar-refractivity contribution in [3.63, 3.8) is 0 Å². The van der Waals surface area contributed by atoms with E-state index in [4.69, 9.17) is 4.74 Å².